The molecular weight excluding hydrogens is 358 g/mol. The molecule has 0 atom stereocenters. The fourth-order valence-electron chi connectivity index (χ4n) is 2.98. The zero-order chi connectivity index (χ0) is 19.5. The van der Waals surface area contributed by atoms with Crippen molar-refractivity contribution in [3.05, 3.63) is 72.3 Å². The lowest BCUT2D eigenvalue weighted by molar-refractivity contribution is -0.118. The third-order valence-corrected chi connectivity index (χ3v) is 4.29. The summed E-state index contributed by atoms with van der Waals surface area (Å²) in [6.45, 7) is -0.186. The molecule has 4 aromatic rings. The normalized spacial score (nSPS) is 10.8. The summed E-state index contributed by atoms with van der Waals surface area (Å²) in [5, 5.41) is 4.73. The maximum Gasteiger partial charge on any atom is 0.337 e. The number of rotatable bonds is 5. The summed E-state index contributed by atoms with van der Waals surface area (Å²) in [5.41, 5.74) is 2.57. The summed E-state index contributed by atoms with van der Waals surface area (Å²) in [7, 11) is 1.31. The Morgan fingerprint density at radius 1 is 0.929 bits per heavy atom. The van der Waals surface area contributed by atoms with Crippen molar-refractivity contribution in [3.63, 3.8) is 0 Å². The fraction of sp³-hybridized carbons (Fsp3) is 0.0909. The van der Waals surface area contributed by atoms with Crippen molar-refractivity contribution in [1.29, 1.82) is 0 Å². The van der Waals surface area contributed by atoms with Gasteiger partial charge in [-0.05, 0) is 42.5 Å². The first-order chi connectivity index (χ1) is 13.6. The quantitative estimate of drug-likeness (QED) is 0.524. The molecule has 6 heteroatoms. The van der Waals surface area contributed by atoms with Gasteiger partial charge >= 0.3 is 5.97 Å². The molecule has 0 unspecified atom stereocenters. The molecule has 0 saturated carbocycles. The van der Waals surface area contributed by atoms with Crippen LogP contribution >= 0.6 is 0 Å². The smallest absolute Gasteiger partial charge is 0.337 e. The van der Waals surface area contributed by atoms with E-state index in [4.69, 9.17) is 9.15 Å². The van der Waals surface area contributed by atoms with Gasteiger partial charge < -0.3 is 19.2 Å². The summed E-state index contributed by atoms with van der Waals surface area (Å²) in [5.74, 6) is -0.361. The minimum Gasteiger partial charge on any atom is -0.484 e. The molecule has 4 rings (SSSR count). The molecule has 0 spiro atoms. The molecule has 0 aliphatic heterocycles. The Balaban J connectivity index is 1.45. The van der Waals surface area contributed by atoms with E-state index in [0.29, 0.717) is 17.0 Å². The number of methoxy groups -OCH3 is 1. The van der Waals surface area contributed by atoms with Crippen LogP contribution in [-0.2, 0) is 9.53 Å². The van der Waals surface area contributed by atoms with E-state index in [0.717, 1.165) is 21.9 Å². The van der Waals surface area contributed by atoms with Gasteiger partial charge in [0.1, 0.15) is 16.9 Å². The van der Waals surface area contributed by atoms with Crippen LogP contribution in [0, 0.1) is 0 Å². The molecule has 0 aliphatic carbocycles. The summed E-state index contributed by atoms with van der Waals surface area (Å²) in [4.78, 5) is 23.8. The Bertz CT molecular complexity index is 1180. The third-order valence-electron chi connectivity index (χ3n) is 4.29. The molecule has 0 saturated heterocycles. The van der Waals surface area contributed by atoms with Crippen molar-refractivity contribution in [2.45, 2.75) is 0 Å². The van der Waals surface area contributed by atoms with E-state index in [1.165, 1.54) is 13.2 Å². The fourth-order valence-corrected chi connectivity index (χ4v) is 2.98. The second-order valence-corrected chi connectivity index (χ2v) is 6.17. The van der Waals surface area contributed by atoms with Crippen LogP contribution in [0.2, 0.25) is 0 Å². The zero-order valence-electron chi connectivity index (χ0n) is 15.1. The number of para-hydroxylation sites is 1. The van der Waals surface area contributed by atoms with Crippen LogP contribution in [0.1, 0.15) is 10.4 Å². The maximum absolute atomic E-state index is 12.2. The van der Waals surface area contributed by atoms with Gasteiger partial charge in [0.05, 0.1) is 12.7 Å². The van der Waals surface area contributed by atoms with Crippen molar-refractivity contribution in [2.24, 2.45) is 0 Å². The predicted molar refractivity (Wildman–Crippen MR) is 106 cm³/mol. The van der Waals surface area contributed by atoms with E-state index in [1.54, 1.807) is 24.3 Å². The van der Waals surface area contributed by atoms with Gasteiger partial charge in [-0.2, -0.15) is 0 Å². The van der Waals surface area contributed by atoms with Crippen LogP contribution < -0.4 is 10.1 Å². The minimum absolute atomic E-state index is 0.186. The summed E-state index contributed by atoms with van der Waals surface area (Å²) < 4.78 is 15.9. The number of carbonyl (C=O) groups excluding carboxylic acids is 2. The Labute approximate surface area is 160 Å². The summed E-state index contributed by atoms with van der Waals surface area (Å²) in [6, 6.07) is 19.7. The Hall–Kier alpha value is -3.80. The number of fused-ring (bicyclic) bond motifs is 3. The highest BCUT2D eigenvalue weighted by molar-refractivity contribution is 6.07. The molecule has 140 valence electrons. The van der Waals surface area contributed by atoms with Crippen molar-refractivity contribution in [2.75, 3.05) is 19.0 Å². The zero-order valence-corrected chi connectivity index (χ0v) is 15.1. The molecule has 28 heavy (non-hydrogen) atoms. The number of anilines is 1. The number of ether oxygens (including phenoxy) is 2. The third kappa shape index (κ3) is 3.53. The van der Waals surface area contributed by atoms with Gasteiger partial charge in [-0.1, -0.05) is 24.3 Å². The van der Waals surface area contributed by atoms with Gasteiger partial charge in [0.15, 0.2) is 6.61 Å². The largest absolute Gasteiger partial charge is 0.484 e. The van der Waals surface area contributed by atoms with Crippen molar-refractivity contribution >= 4 is 39.5 Å². The monoisotopic (exact) mass is 375 g/mol. The number of nitrogens with one attached hydrogen (secondary N) is 1. The lowest BCUT2D eigenvalue weighted by Crippen LogP contribution is -2.20. The molecular formula is C22H17NO5. The van der Waals surface area contributed by atoms with Crippen LogP contribution in [0.3, 0.4) is 0 Å². The average Bonchev–Trinajstić information content (AvgIpc) is 3.10. The molecule has 6 nitrogen and oxygen atoms in total. The van der Waals surface area contributed by atoms with E-state index in [9.17, 15) is 9.59 Å². The molecule has 1 heterocycles. The SMILES string of the molecule is COC(=O)c1cccc(OCC(=O)Nc2ccc3oc4ccccc4c3c2)c1. The van der Waals surface area contributed by atoms with Gasteiger partial charge in [-0.25, -0.2) is 4.79 Å². The minimum atomic E-state index is -0.462. The number of hydrogen-bond acceptors (Lipinski definition) is 5. The molecule has 1 N–H and O–H groups in total. The number of hydrogen-bond donors (Lipinski definition) is 1. The number of esters is 1. The van der Waals surface area contributed by atoms with Gasteiger partial charge in [-0.3, -0.25) is 4.79 Å². The van der Waals surface area contributed by atoms with Crippen molar-refractivity contribution < 1.29 is 23.5 Å². The van der Waals surface area contributed by atoms with Crippen LogP contribution in [0.5, 0.6) is 5.75 Å². The number of carbonyl (C=O) groups is 2. The van der Waals surface area contributed by atoms with E-state index in [-0.39, 0.29) is 12.5 Å². The van der Waals surface area contributed by atoms with Crippen molar-refractivity contribution in [1.82, 2.24) is 0 Å². The first kappa shape index (κ1) is 17.6. The summed E-state index contributed by atoms with van der Waals surface area (Å²) >= 11 is 0. The Kier molecular flexibility index (Phi) is 4.68. The predicted octanol–water partition coefficient (Wildman–Crippen LogP) is 4.39. The first-order valence-corrected chi connectivity index (χ1v) is 8.66. The molecule has 0 fully saturated rings. The maximum atomic E-state index is 12.2. The van der Waals surface area contributed by atoms with Gasteiger partial charge in [-0.15, -0.1) is 0 Å². The highest BCUT2D eigenvalue weighted by Crippen LogP contribution is 2.30. The van der Waals surface area contributed by atoms with Crippen molar-refractivity contribution in [3.8, 4) is 5.75 Å². The first-order valence-electron chi connectivity index (χ1n) is 8.66. The van der Waals surface area contributed by atoms with E-state index in [1.807, 2.05) is 36.4 Å². The molecule has 0 aliphatic rings. The van der Waals surface area contributed by atoms with Gasteiger partial charge in [0.25, 0.3) is 5.91 Å². The van der Waals surface area contributed by atoms with Crippen LogP contribution in [-0.4, -0.2) is 25.6 Å². The second kappa shape index (κ2) is 7.44. The highest BCUT2D eigenvalue weighted by atomic mass is 16.5. The lowest BCUT2D eigenvalue weighted by Gasteiger charge is -2.08. The van der Waals surface area contributed by atoms with Gasteiger partial charge in [0.2, 0.25) is 0 Å². The molecule has 1 aromatic heterocycles. The lowest BCUT2D eigenvalue weighted by atomic mass is 10.1. The second-order valence-electron chi connectivity index (χ2n) is 6.17. The van der Waals surface area contributed by atoms with Crippen LogP contribution in [0.25, 0.3) is 21.9 Å². The Morgan fingerprint density at radius 2 is 1.75 bits per heavy atom. The average molecular weight is 375 g/mol. The molecule has 0 radical (unpaired) electrons. The standard InChI is InChI=1S/C22H17NO5/c1-26-22(25)14-5-4-6-16(11-14)27-13-21(24)23-15-9-10-20-18(12-15)17-7-2-3-8-19(17)28-20/h2-12H,13H2,1H3,(H,23,24). The molecule has 0 bridgehead atoms. The molecule has 1 amide bonds. The van der Waals surface area contributed by atoms with E-state index < -0.39 is 5.97 Å². The topological polar surface area (TPSA) is 77.8 Å². The van der Waals surface area contributed by atoms with E-state index in [2.05, 4.69) is 10.1 Å². The summed E-state index contributed by atoms with van der Waals surface area (Å²) in [6.07, 6.45) is 0. The van der Waals surface area contributed by atoms with E-state index >= 15 is 0 Å². The Morgan fingerprint density at radius 3 is 2.61 bits per heavy atom. The molecule has 3 aromatic carbocycles. The van der Waals surface area contributed by atoms with Crippen LogP contribution in [0.15, 0.2) is 71.1 Å². The highest BCUT2D eigenvalue weighted by Gasteiger charge is 2.10. The van der Waals surface area contributed by atoms with Crippen LogP contribution in [0.4, 0.5) is 5.69 Å². The number of benzene rings is 3. The van der Waals surface area contributed by atoms with Gasteiger partial charge in [0, 0.05) is 16.5 Å². The number of amides is 1. The number of furan rings is 1.